The molecule has 7 nitrogen and oxygen atoms in total. The number of carbonyl (C=O) groups is 1. The topological polar surface area (TPSA) is 94.0 Å². The third-order valence-corrected chi connectivity index (χ3v) is 4.82. The van der Waals surface area contributed by atoms with Gasteiger partial charge in [0.15, 0.2) is 0 Å². The first-order valence-electron chi connectivity index (χ1n) is 9.12. The molecule has 0 saturated heterocycles. The maximum absolute atomic E-state index is 12.7. The van der Waals surface area contributed by atoms with Crippen LogP contribution >= 0.6 is 0 Å². The molecule has 2 aromatic heterocycles. The van der Waals surface area contributed by atoms with Gasteiger partial charge in [0.25, 0.3) is 5.56 Å². The standard InChI is InChI=1S/C21H23N3O4/c1-12(2)13-7-5-6-8-14(13)17-11-15-19(23-21(27)24(3)20(15)26)16(22-17)9-10-18(25)28-4/h5-8,11-12H,9-10H2,1-4H3,(H,23,27). The zero-order valence-corrected chi connectivity index (χ0v) is 16.4. The molecule has 1 N–H and O–H groups in total. The van der Waals surface area contributed by atoms with Crippen molar-refractivity contribution in [1.29, 1.82) is 0 Å². The van der Waals surface area contributed by atoms with E-state index in [1.807, 2.05) is 24.3 Å². The van der Waals surface area contributed by atoms with Crippen LogP contribution in [0.2, 0.25) is 0 Å². The molecule has 0 aliphatic rings. The van der Waals surface area contributed by atoms with Crippen molar-refractivity contribution in [3.63, 3.8) is 0 Å². The molecular formula is C21H23N3O4. The summed E-state index contributed by atoms with van der Waals surface area (Å²) in [7, 11) is 2.75. The number of ether oxygens (including phenoxy) is 1. The van der Waals surface area contributed by atoms with E-state index in [9.17, 15) is 14.4 Å². The van der Waals surface area contributed by atoms with Crippen LogP contribution < -0.4 is 11.2 Å². The van der Waals surface area contributed by atoms with Crippen molar-refractivity contribution in [3.8, 4) is 11.3 Å². The molecule has 0 bridgehead atoms. The maximum Gasteiger partial charge on any atom is 0.328 e. The van der Waals surface area contributed by atoms with Gasteiger partial charge in [-0.05, 0) is 17.5 Å². The Morgan fingerprint density at radius 1 is 1.25 bits per heavy atom. The number of carbonyl (C=O) groups excluding carboxylic acids is 1. The van der Waals surface area contributed by atoms with Gasteiger partial charge in [0.1, 0.15) is 0 Å². The third kappa shape index (κ3) is 3.60. The van der Waals surface area contributed by atoms with Crippen LogP contribution in [-0.2, 0) is 23.0 Å². The van der Waals surface area contributed by atoms with Gasteiger partial charge in [0.2, 0.25) is 0 Å². The normalized spacial score (nSPS) is 11.2. The molecule has 0 radical (unpaired) electrons. The van der Waals surface area contributed by atoms with Crippen molar-refractivity contribution < 1.29 is 9.53 Å². The SMILES string of the molecule is COC(=O)CCc1nc(-c2ccccc2C(C)C)cc2c(=O)n(C)c(=O)[nH]c12. The van der Waals surface area contributed by atoms with Crippen molar-refractivity contribution >= 4 is 16.9 Å². The van der Waals surface area contributed by atoms with Crippen molar-refractivity contribution in [1.82, 2.24) is 14.5 Å². The minimum Gasteiger partial charge on any atom is -0.469 e. The van der Waals surface area contributed by atoms with E-state index in [1.165, 1.54) is 14.2 Å². The summed E-state index contributed by atoms with van der Waals surface area (Å²) in [6.45, 7) is 4.18. The second-order valence-corrected chi connectivity index (χ2v) is 6.99. The molecule has 1 aromatic carbocycles. The number of fused-ring (bicyclic) bond motifs is 1. The first-order valence-corrected chi connectivity index (χ1v) is 9.12. The minimum atomic E-state index is -0.519. The van der Waals surface area contributed by atoms with Gasteiger partial charge in [0.05, 0.1) is 35.8 Å². The van der Waals surface area contributed by atoms with Gasteiger partial charge in [-0.3, -0.25) is 19.1 Å². The number of esters is 1. The van der Waals surface area contributed by atoms with E-state index in [0.717, 1.165) is 15.7 Å². The second-order valence-electron chi connectivity index (χ2n) is 6.99. The van der Waals surface area contributed by atoms with Crippen molar-refractivity contribution in [2.45, 2.75) is 32.6 Å². The lowest BCUT2D eigenvalue weighted by atomic mass is 9.94. The zero-order valence-electron chi connectivity index (χ0n) is 16.4. The molecule has 0 aliphatic carbocycles. The molecule has 3 rings (SSSR count). The number of hydrogen-bond acceptors (Lipinski definition) is 5. The van der Waals surface area contributed by atoms with Crippen LogP contribution in [0.25, 0.3) is 22.2 Å². The first-order chi connectivity index (χ1) is 13.3. The summed E-state index contributed by atoms with van der Waals surface area (Å²) < 4.78 is 5.74. The number of benzene rings is 1. The molecule has 0 spiro atoms. The highest BCUT2D eigenvalue weighted by Gasteiger charge is 2.17. The lowest BCUT2D eigenvalue weighted by Crippen LogP contribution is -2.33. The number of aromatic amines is 1. The fraction of sp³-hybridized carbons (Fsp3) is 0.333. The fourth-order valence-corrected chi connectivity index (χ4v) is 3.24. The number of nitrogens with one attached hydrogen (secondary N) is 1. The van der Waals surface area contributed by atoms with E-state index < -0.39 is 11.2 Å². The average molecular weight is 381 g/mol. The molecule has 0 aliphatic heterocycles. The molecule has 7 heteroatoms. The van der Waals surface area contributed by atoms with E-state index in [1.54, 1.807) is 6.07 Å². The highest BCUT2D eigenvalue weighted by atomic mass is 16.5. The lowest BCUT2D eigenvalue weighted by Gasteiger charge is -2.14. The molecule has 0 saturated carbocycles. The van der Waals surface area contributed by atoms with Gasteiger partial charge < -0.3 is 9.72 Å². The highest BCUT2D eigenvalue weighted by Crippen LogP contribution is 2.29. The van der Waals surface area contributed by atoms with E-state index in [-0.39, 0.29) is 24.7 Å². The molecule has 28 heavy (non-hydrogen) atoms. The maximum atomic E-state index is 12.7. The van der Waals surface area contributed by atoms with Gasteiger partial charge in [-0.25, -0.2) is 4.79 Å². The molecule has 2 heterocycles. The quantitative estimate of drug-likeness (QED) is 0.686. The van der Waals surface area contributed by atoms with Crippen LogP contribution in [0.1, 0.15) is 37.4 Å². The lowest BCUT2D eigenvalue weighted by molar-refractivity contribution is -0.140. The summed E-state index contributed by atoms with van der Waals surface area (Å²) in [6, 6.07) is 9.59. The number of nitrogens with zero attached hydrogens (tertiary/aromatic N) is 2. The first kappa shape index (κ1) is 19.5. The van der Waals surface area contributed by atoms with Crippen molar-refractivity contribution in [3.05, 3.63) is 62.4 Å². The number of pyridine rings is 1. The molecule has 0 amide bonds. The Hall–Kier alpha value is -3.22. The molecule has 3 aromatic rings. The van der Waals surface area contributed by atoms with E-state index in [0.29, 0.717) is 22.3 Å². The summed E-state index contributed by atoms with van der Waals surface area (Å²) in [5.41, 5.74) is 2.61. The van der Waals surface area contributed by atoms with Crippen molar-refractivity contribution in [2.24, 2.45) is 7.05 Å². The van der Waals surface area contributed by atoms with Gasteiger partial charge >= 0.3 is 11.7 Å². The average Bonchev–Trinajstić information content (AvgIpc) is 2.70. The predicted octanol–water partition coefficient (Wildman–Crippen LogP) is 2.52. The Labute approximate surface area is 162 Å². The van der Waals surface area contributed by atoms with E-state index in [4.69, 9.17) is 9.72 Å². The summed E-state index contributed by atoms with van der Waals surface area (Å²) in [4.78, 5) is 43.9. The Bertz CT molecular complexity index is 1160. The summed E-state index contributed by atoms with van der Waals surface area (Å²) in [5, 5.41) is 0.366. The van der Waals surface area contributed by atoms with Crippen LogP contribution in [-0.4, -0.2) is 27.6 Å². The Morgan fingerprint density at radius 3 is 2.64 bits per heavy atom. The number of aromatic nitrogens is 3. The largest absolute Gasteiger partial charge is 0.469 e. The number of aryl methyl sites for hydroxylation is 1. The summed E-state index contributed by atoms with van der Waals surface area (Å²) in [6.07, 6.45) is 0.356. The van der Waals surface area contributed by atoms with Crippen LogP contribution in [0.4, 0.5) is 0 Å². The third-order valence-electron chi connectivity index (χ3n) is 4.82. The minimum absolute atomic E-state index is 0.102. The van der Waals surface area contributed by atoms with Crippen LogP contribution in [0.5, 0.6) is 0 Å². The molecule has 146 valence electrons. The van der Waals surface area contributed by atoms with Gasteiger partial charge in [-0.1, -0.05) is 38.1 Å². The Kier molecular flexibility index (Phi) is 5.44. The van der Waals surface area contributed by atoms with Gasteiger partial charge in [-0.15, -0.1) is 0 Å². The van der Waals surface area contributed by atoms with Crippen LogP contribution in [0.3, 0.4) is 0 Å². The number of H-pyrrole nitrogens is 1. The van der Waals surface area contributed by atoms with Gasteiger partial charge in [0, 0.05) is 19.0 Å². The van der Waals surface area contributed by atoms with Crippen molar-refractivity contribution in [2.75, 3.05) is 7.11 Å². The zero-order chi connectivity index (χ0) is 20.4. The number of hydrogen-bond donors (Lipinski definition) is 1. The number of methoxy groups -OCH3 is 1. The summed E-state index contributed by atoms with van der Waals surface area (Å²) in [5.74, 6) is -0.111. The Morgan fingerprint density at radius 2 is 1.96 bits per heavy atom. The smallest absolute Gasteiger partial charge is 0.328 e. The molecule has 0 atom stereocenters. The van der Waals surface area contributed by atoms with Gasteiger partial charge in [-0.2, -0.15) is 0 Å². The molecule has 0 fully saturated rings. The fourth-order valence-electron chi connectivity index (χ4n) is 3.24. The molecule has 0 unspecified atom stereocenters. The number of rotatable bonds is 5. The summed E-state index contributed by atoms with van der Waals surface area (Å²) >= 11 is 0. The Balaban J connectivity index is 2.30. The monoisotopic (exact) mass is 381 g/mol. The highest BCUT2D eigenvalue weighted by molar-refractivity contribution is 5.85. The molecular weight excluding hydrogens is 358 g/mol. The second kappa shape index (κ2) is 7.80. The van der Waals surface area contributed by atoms with E-state index in [2.05, 4.69) is 18.8 Å². The van der Waals surface area contributed by atoms with Crippen LogP contribution in [0, 0.1) is 0 Å². The van der Waals surface area contributed by atoms with Crippen LogP contribution in [0.15, 0.2) is 39.9 Å². The predicted molar refractivity (Wildman–Crippen MR) is 107 cm³/mol. The van der Waals surface area contributed by atoms with E-state index >= 15 is 0 Å².